The Labute approximate surface area is 103 Å². The van der Waals surface area contributed by atoms with Crippen LogP contribution in [0.4, 0.5) is 0 Å². The molecule has 0 atom stereocenters. The molecule has 0 radical (unpaired) electrons. The lowest BCUT2D eigenvalue weighted by molar-refractivity contribution is -0.0618. The third-order valence-electron chi connectivity index (χ3n) is 3.59. The van der Waals surface area contributed by atoms with E-state index in [-0.39, 0.29) is 0 Å². The number of nitrogens with one attached hydrogen (secondary N) is 1. The van der Waals surface area contributed by atoms with Crippen LogP contribution in [0.2, 0.25) is 0 Å². The first-order chi connectivity index (χ1) is 8.29. The van der Waals surface area contributed by atoms with Gasteiger partial charge in [0.15, 0.2) is 0 Å². The lowest BCUT2D eigenvalue weighted by Crippen LogP contribution is -2.47. The normalized spacial score (nSPS) is 25.9. The summed E-state index contributed by atoms with van der Waals surface area (Å²) in [5, 5.41) is 13.6. The standard InChI is InChI=1S/C12H24N2O3/c15-12(1-7-16-8-2-12)11-13-3-4-14-5-9-17-10-6-14/h13,15H,1-11H2. The van der Waals surface area contributed by atoms with Crippen LogP contribution in [0.3, 0.4) is 0 Å². The highest BCUT2D eigenvalue weighted by Crippen LogP contribution is 2.18. The number of nitrogens with zero attached hydrogens (tertiary/aromatic N) is 1. The zero-order valence-electron chi connectivity index (χ0n) is 10.5. The predicted molar refractivity (Wildman–Crippen MR) is 65.1 cm³/mol. The van der Waals surface area contributed by atoms with Gasteiger partial charge in [0.05, 0.1) is 18.8 Å². The lowest BCUT2D eigenvalue weighted by atomic mass is 9.94. The van der Waals surface area contributed by atoms with E-state index < -0.39 is 5.60 Å². The molecule has 0 aromatic rings. The second kappa shape index (κ2) is 6.66. The molecule has 2 N–H and O–H groups in total. The van der Waals surface area contributed by atoms with Gasteiger partial charge < -0.3 is 19.9 Å². The summed E-state index contributed by atoms with van der Waals surface area (Å²) in [7, 11) is 0. The van der Waals surface area contributed by atoms with E-state index in [1.807, 2.05) is 0 Å². The highest BCUT2D eigenvalue weighted by molar-refractivity contribution is 4.83. The largest absolute Gasteiger partial charge is 0.388 e. The molecule has 2 heterocycles. The first kappa shape index (κ1) is 13.2. The zero-order valence-corrected chi connectivity index (χ0v) is 10.5. The topological polar surface area (TPSA) is 54.0 Å². The quantitative estimate of drug-likeness (QED) is 0.636. The highest BCUT2D eigenvalue weighted by Gasteiger charge is 2.29. The SMILES string of the molecule is OC1(CNCCN2CCOCC2)CCOCC1. The molecule has 0 bridgehead atoms. The van der Waals surface area contributed by atoms with Crippen molar-refractivity contribution in [2.24, 2.45) is 0 Å². The summed E-state index contributed by atoms with van der Waals surface area (Å²) in [5.74, 6) is 0. The summed E-state index contributed by atoms with van der Waals surface area (Å²) in [4.78, 5) is 2.39. The molecular formula is C12H24N2O3. The van der Waals surface area contributed by atoms with Gasteiger partial charge in [-0.15, -0.1) is 0 Å². The number of hydrogen-bond donors (Lipinski definition) is 2. The molecular weight excluding hydrogens is 220 g/mol. The van der Waals surface area contributed by atoms with Crippen LogP contribution < -0.4 is 5.32 Å². The van der Waals surface area contributed by atoms with Gasteiger partial charge in [0.1, 0.15) is 0 Å². The number of rotatable bonds is 5. The van der Waals surface area contributed by atoms with Crippen LogP contribution in [0.25, 0.3) is 0 Å². The fraction of sp³-hybridized carbons (Fsp3) is 1.00. The van der Waals surface area contributed by atoms with Crippen LogP contribution in [0.5, 0.6) is 0 Å². The fourth-order valence-corrected chi connectivity index (χ4v) is 2.31. The minimum atomic E-state index is -0.552. The molecule has 2 rings (SSSR count). The van der Waals surface area contributed by atoms with Gasteiger partial charge in [0, 0.05) is 58.8 Å². The summed E-state index contributed by atoms with van der Waals surface area (Å²) < 4.78 is 10.6. The Morgan fingerprint density at radius 2 is 1.71 bits per heavy atom. The molecule has 2 fully saturated rings. The number of hydrogen-bond acceptors (Lipinski definition) is 5. The zero-order chi connectivity index (χ0) is 12.0. The third kappa shape index (κ3) is 4.52. The van der Waals surface area contributed by atoms with E-state index in [0.717, 1.165) is 52.2 Å². The second-order valence-electron chi connectivity index (χ2n) is 4.97. The average Bonchev–Trinajstić information content (AvgIpc) is 2.37. The van der Waals surface area contributed by atoms with E-state index >= 15 is 0 Å². The van der Waals surface area contributed by atoms with E-state index in [9.17, 15) is 5.11 Å². The Morgan fingerprint density at radius 3 is 2.41 bits per heavy atom. The van der Waals surface area contributed by atoms with Crippen molar-refractivity contribution in [2.75, 3.05) is 59.2 Å². The fourth-order valence-electron chi connectivity index (χ4n) is 2.31. The minimum Gasteiger partial charge on any atom is -0.388 e. The van der Waals surface area contributed by atoms with Gasteiger partial charge >= 0.3 is 0 Å². The monoisotopic (exact) mass is 244 g/mol. The van der Waals surface area contributed by atoms with Gasteiger partial charge in [-0.05, 0) is 0 Å². The molecule has 0 amide bonds. The van der Waals surface area contributed by atoms with E-state index in [1.165, 1.54) is 0 Å². The smallest absolute Gasteiger partial charge is 0.0815 e. The van der Waals surface area contributed by atoms with Gasteiger partial charge in [0.2, 0.25) is 0 Å². The van der Waals surface area contributed by atoms with Crippen molar-refractivity contribution in [2.45, 2.75) is 18.4 Å². The Hall–Kier alpha value is -0.200. The Kier molecular flexibility index (Phi) is 5.18. The molecule has 0 spiro atoms. The van der Waals surface area contributed by atoms with Crippen molar-refractivity contribution in [3.05, 3.63) is 0 Å². The number of ether oxygens (including phenoxy) is 2. The molecule has 100 valence electrons. The Bertz CT molecular complexity index is 214. The second-order valence-corrected chi connectivity index (χ2v) is 4.97. The molecule has 0 unspecified atom stereocenters. The third-order valence-corrected chi connectivity index (χ3v) is 3.59. The summed E-state index contributed by atoms with van der Waals surface area (Å²) in [6, 6.07) is 0. The number of morpholine rings is 1. The van der Waals surface area contributed by atoms with Gasteiger partial charge in [0.25, 0.3) is 0 Å². The van der Waals surface area contributed by atoms with Gasteiger partial charge in [-0.25, -0.2) is 0 Å². The molecule has 0 aromatic heterocycles. The van der Waals surface area contributed by atoms with E-state index in [4.69, 9.17) is 9.47 Å². The molecule has 17 heavy (non-hydrogen) atoms. The molecule has 5 nitrogen and oxygen atoms in total. The van der Waals surface area contributed by atoms with Crippen molar-refractivity contribution in [1.82, 2.24) is 10.2 Å². The van der Waals surface area contributed by atoms with E-state index in [2.05, 4.69) is 10.2 Å². The summed E-state index contributed by atoms with van der Waals surface area (Å²) >= 11 is 0. The molecule has 2 saturated heterocycles. The van der Waals surface area contributed by atoms with Gasteiger partial charge in [-0.1, -0.05) is 0 Å². The number of aliphatic hydroxyl groups is 1. The minimum absolute atomic E-state index is 0.552. The maximum Gasteiger partial charge on any atom is 0.0815 e. The Morgan fingerprint density at radius 1 is 1.06 bits per heavy atom. The molecule has 2 aliphatic rings. The van der Waals surface area contributed by atoms with Crippen molar-refractivity contribution in [3.63, 3.8) is 0 Å². The molecule has 0 aromatic carbocycles. The van der Waals surface area contributed by atoms with Crippen molar-refractivity contribution in [1.29, 1.82) is 0 Å². The van der Waals surface area contributed by atoms with Gasteiger partial charge in [-0.3, -0.25) is 4.90 Å². The van der Waals surface area contributed by atoms with Crippen molar-refractivity contribution in [3.8, 4) is 0 Å². The average molecular weight is 244 g/mol. The van der Waals surface area contributed by atoms with Crippen LogP contribution in [-0.4, -0.2) is 74.8 Å². The predicted octanol–water partition coefficient (Wildman–Crippen LogP) is -0.550. The maximum atomic E-state index is 10.2. The van der Waals surface area contributed by atoms with Crippen molar-refractivity contribution >= 4 is 0 Å². The maximum absolute atomic E-state index is 10.2. The van der Waals surface area contributed by atoms with Crippen LogP contribution in [0.1, 0.15) is 12.8 Å². The summed E-state index contributed by atoms with van der Waals surface area (Å²) in [5.41, 5.74) is -0.552. The first-order valence-corrected chi connectivity index (χ1v) is 6.59. The van der Waals surface area contributed by atoms with Crippen LogP contribution >= 0.6 is 0 Å². The lowest BCUT2D eigenvalue weighted by Gasteiger charge is -2.33. The first-order valence-electron chi connectivity index (χ1n) is 6.59. The van der Waals surface area contributed by atoms with E-state index in [1.54, 1.807) is 0 Å². The molecule has 0 aliphatic carbocycles. The van der Waals surface area contributed by atoms with E-state index in [0.29, 0.717) is 19.8 Å². The molecule has 0 saturated carbocycles. The highest BCUT2D eigenvalue weighted by atomic mass is 16.5. The molecule has 2 aliphatic heterocycles. The van der Waals surface area contributed by atoms with Crippen LogP contribution in [-0.2, 0) is 9.47 Å². The molecule has 5 heteroatoms. The van der Waals surface area contributed by atoms with Crippen LogP contribution in [0.15, 0.2) is 0 Å². The van der Waals surface area contributed by atoms with Crippen molar-refractivity contribution < 1.29 is 14.6 Å². The van der Waals surface area contributed by atoms with Crippen LogP contribution in [0, 0.1) is 0 Å². The Balaban J connectivity index is 1.55. The summed E-state index contributed by atoms with van der Waals surface area (Å²) in [6.07, 6.45) is 1.50. The summed E-state index contributed by atoms with van der Waals surface area (Å²) in [6.45, 7) is 7.77. The van der Waals surface area contributed by atoms with Gasteiger partial charge in [-0.2, -0.15) is 0 Å².